The van der Waals surface area contributed by atoms with Crippen LogP contribution in [0.1, 0.15) is 25.0 Å². The van der Waals surface area contributed by atoms with Crippen LogP contribution >= 0.6 is 0 Å². The van der Waals surface area contributed by atoms with Crippen LogP contribution in [0.4, 0.5) is 4.79 Å². The van der Waals surface area contributed by atoms with E-state index in [0.717, 1.165) is 17.7 Å². The predicted octanol–water partition coefficient (Wildman–Crippen LogP) is 2.97. The molecule has 0 saturated heterocycles. The Kier molecular flexibility index (Phi) is 5.37. The lowest BCUT2D eigenvalue weighted by molar-refractivity contribution is 0.139. The fourth-order valence-corrected chi connectivity index (χ4v) is 1.92. The Bertz CT molecular complexity index is 564. The molecule has 2 rings (SSSR count). The van der Waals surface area contributed by atoms with Gasteiger partial charge in [-0.1, -0.05) is 44.2 Å². The minimum atomic E-state index is -0.421. The van der Waals surface area contributed by atoms with Gasteiger partial charge in [-0.2, -0.15) is 5.10 Å². The summed E-state index contributed by atoms with van der Waals surface area (Å²) in [5, 5.41) is 6.97. The number of hydrogen-bond acceptors (Lipinski definition) is 3. The summed E-state index contributed by atoms with van der Waals surface area (Å²) in [5.41, 5.74) is 1.93. The van der Waals surface area contributed by atoms with Crippen LogP contribution in [-0.4, -0.2) is 15.9 Å². The largest absolute Gasteiger partial charge is 0.445 e. The van der Waals surface area contributed by atoms with Crippen molar-refractivity contribution in [3.8, 4) is 0 Å². The van der Waals surface area contributed by atoms with Crippen LogP contribution < -0.4 is 5.32 Å². The molecule has 0 aliphatic carbocycles. The van der Waals surface area contributed by atoms with E-state index in [2.05, 4.69) is 24.3 Å². The summed E-state index contributed by atoms with van der Waals surface area (Å²) in [4.78, 5) is 11.6. The van der Waals surface area contributed by atoms with Crippen molar-refractivity contribution in [3.05, 3.63) is 53.9 Å². The first-order valence-electron chi connectivity index (χ1n) is 7.09. The van der Waals surface area contributed by atoms with Crippen molar-refractivity contribution in [2.75, 3.05) is 0 Å². The van der Waals surface area contributed by atoms with Crippen LogP contribution in [0.25, 0.3) is 0 Å². The molecule has 1 aromatic heterocycles. The molecular formula is C16H21N3O2. The van der Waals surface area contributed by atoms with Gasteiger partial charge in [0.25, 0.3) is 0 Å². The van der Waals surface area contributed by atoms with Gasteiger partial charge in [0.1, 0.15) is 6.61 Å². The zero-order chi connectivity index (χ0) is 15.1. The van der Waals surface area contributed by atoms with Gasteiger partial charge in [-0.3, -0.25) is 4.68 Å². The first-order valence-corrected chi connectivity index (χ1v) is 7.09. The molecule has 0 bridgehead atoms. The van der Waals surface area contributed by atoms with Crippen LogP contribution in [0.5, 0.6) is 0 Å². The molecule has 0 aliphatic heterocycles. The molecule has 0 fully saturated rings. The standard InChI is InChI=1S/C16H21N3O2/c1-13(2)10-19-11-15(9-18-19)8-17-16(20)21-12-14-6-4-3-5-7-14/h3-7,9,11,13H,8,10,12H2,1-2H3,(H,17,20). The number of carbonyl (C=O) groups is 1. The summed E-state index contributed by atoms with van der Waals surface area (Å²) in [7, 11) is 0. The highest BCUT2D eigenvalue weighted by molar-refractivity contribution is 5.67. The van der Waals surface area contributed by atoms with Gasteiger partial charge in [0, 0.05) is 24.8 Å². The van der Waals surface area contributed by atoms with Gasteiger partial charge in [0.15, 0.2) is 0 Å². The summed E-state index contributed by atoms with van der Waals surface area (Å²) in [6.45, 7) is 5.85. The third kappa shape index (κ3) is 5.30. The van der Waals surface area contributed by atoms with Crippen molar-refractivity contribution >= 4 is 6.09 Å². The normalized spacial score (nSPS) is 10.6. The Balaban J connectivity index is 1.72. The maximum absolute atomic E-state index is 11.6. The molecule has 0 atom stereocenters. The van der Waals surface area contributed by atoms with Crippen molar-refractivity contribution < 1.29 is 9.53 Å². The summed E-state index contributed by atoms with van der Waals surface area (Å²) >= 11 is 0. The van der Waals surface area contributed by atoms with Crippen LogP contribution in [0.3, 0.4) is 0 Å². The molecule has 5 nitrogen and oxygen atoms in total. The monoisotopic (exact) mass is 287 g/mol. The molecule has 1 amide bonds. The topological polar surface area (TPSA) is 56.2 Å². The first-order chi connectivity index (χ1) is 10.1. The van der Waals surface area contributed by atoms with E-state index >= 15 is 0 Å². The van der Waals surface area contributed by atoms with E-state index in [-0.39, 0.29) is 6.61 Å². The third-order valence-corrected chi connectivity index (χ3v) is 2.89. The molecule has 2 aromatic rings. The average Bonchev–Trinajstić information content (AvgIpc) is 2.91. The minimum Gasteiger partial charge on any atom is -0.445 e. The predicted molar refractivity (Wildman–Crippen MR) is 80.5 cm³/mol. The van der Waals surface area contributed by atoms with Crippen LogP contribution in [0, 0.1) is 5.92 Å². The number of ether oxygens (including phenoxy) is 1. The van der Waals surface area contributed by atoms with E-state index < -0.39 is 6.09 Å². The second-order valence-electron chi connectivity index (χ2n) is 5.38. The Morgan fingerprint density at radius 3 is 2.76 bits per heavy atom. The molecule has 112 valence electrons. The molecular weight excluding hydrogens is 266 g/mol. The molecule has 0 unspecified atom stereocenters. The summed E-state index contributed by atoms with van der Waals surface area (Å²) in [6, 6.07) is 9.60. The fourth-order valence-electron chi connectivity index (χ4n) is 1.92. The molecule has 1 N–H and O–H groups in total. The number of aromatic nitrogens is 2. The van der Waals surface area contributed by atoms with Crippen LogP contribution in [0.2, 0.25) is 0 Å². The number of benzene rings is 1. The second-order valence-corrected chi connectivity index (χ2v) is 5.38. The van der Waals surface area contributed by atoms with Gasteiger partial charge in [-0.25, -0.2) is 4.79 Å². The zero-order valence-electron chi connectivity index (χ0n) is 12.5. The first kappa shape index (κ1) is 15.1. The molecule has 0 aliphatic rings. The number of nitrogens with one attached hydrogen (secondary N) is 1. The van der Waals surface area contributed by atoms with E-state index in [1.807, 2.05) is 41.2 Å². The van der Waals surface area contributed by atoms with Crippen molar-refractivity contribution in [1.29, 1.82) is 0 Å². The quantitative estimate of drug-likeness (QED) is 0.888. The Morgan fingerprint density at radius 2 is 2.05 bits per heavy atom. The number of nitrogens with zero attached hydrogens (tertiary/aromatic N) is 2. The SMILES string of the molecule is CC(C)Cn1cc(CNC(=O)OCc2ccccc2)cn1. The maximum Gasteiger partial charge on any atom is 0.407 e. The highest BCUT2D eigenvalue weighted by Crippen LogP contribution is 2.03. The van der Waals surface area contributed by atoms with Gasteiger partial charge in [0.2, 0.25) is 0 Å². The lowest BCUT2D eigenvalue weighted by Gasteiger charge is -2.06. The Morgan fingerprint density at radius 1 is 1.29 bits per heavy atom. The van der Waals surface area contributed by atoms with Crippen LogP contribution in [0.15, 0.2) is 42.7 Å². The van der Waals surface area contributed by atoms with Gasteiger partial charge in [0.05, 0.1) is 6.20 Å². The van der Waals surface area contributed by atoms with E-state index in [0.29, 0.717) is 12.5 Å². The van der Waals surface area contributed by atoms with E-state index in [1.54, 1.807) is 6.20 Å². The van der Waals surface area contributed by atoms with E-state index in [4.69, 9.17) is 4.74 Å². The van der Waals surface area contributed by atoms with Gasteiger partial charge >= 0.3 is 6.09 Å². The number of amides is 1. The molecule has 0 saturated carbocycles. The molecule has 1 heterocycles. The Labute approximate surface area is 124 Å². The van der Waals surface area contributed by atoms with Crippen LogP contribution in [-0.2, 0) is 24.4 Å². The molecule has 21 heavy (non-hydrogen) atoms. The smallest absolute Gasteiger partial charge is 0.407 e. The third-order valence-electron chi connectivity index (χ3n) is 2.89. The van der Waals surface area contributed by atoms with Crippen molar-refractivity contribution in [2.24, 2.45) is 5.92 Å². The van der Waals surface area contributed by atoms with Crippen molar-refractivity contribution in [3.63, 3.8) is 0 Å². The molecule has 1 aromatic carbocycles. The lowest BCUT2D eigenvalue weighted by atomic mass is 10.2. The fraction of sp³-hybridized carbons (Fsp3) is 0.375. The van der Waals surface area contributed by atoms with Crippen molar-refractivity contribution in [2.45, 2.75) is 33.5 Å². The van der Waals surface area contributed by atoms with E-state index in [9.17, 15) is 4.79 Å². The molecule has 5 heteroatoms. The second kappa shape index (κ2) is 7.47. The average molecular weight is 287 g/mol. The van der Waals surface area contributed by atoms with E-state index in [1.165, 1.54) is 0 Å². The minimum absolute atomic E-state index is 0.277. The highest BCUT2D eigenvalue weighted by atomic mass is 16.5. The highest BCUT2D eigenvalue weighted by Gasteiger charge is 2.05. The van der Waals surface area contributed by atoms with Gasteiger partial charge in [-0.05, 0) is 11.5 Å². The molecule has 0 radical (unpaired) electrons. The molecule has 0 spiro atoms. The number of rotatable bonds is 6. The summed E-state index contributed by atoms with van der Waals surface area (Å²) in [6.07, 6.45) is 3.28. The van der Waals surface area contributed by atoms with Gasteiger partial charge in [-0.15, -0.1) is 0 Å². The summed E-state index contributed by atoms with van der Waals surface area (Å²) < 4.78 is 7.03. The van der Waals surface area contributed by atoms with Crippen molar-refractivity contribution in [1.82, 2.24) is 15.1 Å². The lowest BCUT2D eigenvalue weighted by Crippen LogP contribution is -2.23. The maximum atomic E-state index is 11.6. The van der Waals surface area contributed by atoms with Gasteiger partial charge < -0.3 is 10.1 Å². The number of carbonyl (C=O) groups excluding carboxylic acids is 1. The number of hydrogen-bond donors (Lipinski definition) is 1. The Hall–Kier alpha value is -2.30. The zero-order valence-corrected chi connectivity index (χ0v) is 12.5. The summed E-state index contributed by atoms with van der Waals surface area (Å²) in [5.74, 6) is 0.543. The number of alkyl carbamates (subject to hydrolysis) is 1.